The summed E-state index contributed by atoms with van der Waals surface area (Å²) in [6.07, 6.45) is 1.66. The van der Waals surface area contributed by atoms with Crippen LogP contribution in [-0.2, 0) is 6.42 Å². The molecule has 8 heteroatoms. The molecule has 4 aromatic rings. The van der Waals surface area contributed by atoms with Gasteiger partial charge in [-0.2, -0.15) is 22.9 Å². The van der Waals surface area contributed by atoms with E-state index in [9.17, 15) is 0 Å². The maximum atomic E-state index is 4.79. The second kappa shape index (κ2) is 9.01. The highest BCUT2D eigenvalue weighted by Gasteiger charge is 2.29. The van der Waals surface area contributed by atoms with Crippen molar-refractivity contribution in [3.63, 3.8) is 0 Å². The number of hydrogen-bond donors (Lipinski definition) is 3. The fraction of sp³-hybridized carbons (Fsp3) is 0.348. The summed E-state index contributed by atoms with van der Waals surface area (Å²) in [6, 6.07) is 16.5. The van der Waals surface area contributed by atoms with Gasteiger partial charge in [-0.1, -0.05) is 69.3 Å². The highest BCUT2D eigenvalue weighted by Crippen LogP contribution is 2.36. The number of aromatic amines is 2. The van der Waals surface area contributed by atoms with E-state index >= 15 is 0 Å². The molecule has 0 bridgehead atoms. The predicted octanol–water partition coefficient (Wildman–Crippen LogP) is 4.69. The normalized spacial score (nSPS) is 12.8. The topological polar surface area (TPSA) is 96.0 Å². The number of nitrogens with zero attached hydrogens (tertiary/aromatic N) is 5. The van der Waals surface area contributed by atoms with Crippen LogP contribution in [0.1, 0.15) is 50.3 Å². The molecule has 0 amide bonds. The van der Waals surface area contributed by atoms with Crippen molar-refractivity contribution in [2.75, 3.05) is 5.75 Å². The number of hydrogen-bond acceptors (Lipinski definition) is 6. The SMILES string of the molecule is CC(C)(C)C(CCS)c1n[nH]c(Cc2ccc(-c3ccccc3-c3nn[nH]n3)cc2)n1. The lowest BCUT2D eigenvalue weighted by Crippen LogP contribution is -2.20. The molecule has 0 saturated heterocycles. The average Bonchev–Trinajstić information content (AvgIpc) is 3.44. The van der Waals surface area contributed by atoms with Crippen LogP contribution in [0.25, 0.3) is 22.5 Å². The van der Waals surface area contributed by atoms with Gasteiger partial charge in [-0.3, -0.25) is 5.10 Å². The van der Waals surface area contributed by atoms with Gasteiger partial charge in [-0.15, -0.1) is 10.2 Å². The van der Waals surface area contributed by atoms with E-state index < -0.39 is 0 Å². The first kappa shape index (κ1) is 21.2. The van der Waals surface area contributed by atoms with Crippen molar-refractivity contribution in [2.24, 2.45) is 5.41 Å². The molecule has 2 aromatic heterocycles. The molecule has 0 spiro atoms. The quantitative estimate of drug-likeness (QED) is 0.367. The van der Waals surface area contributed by atoms with Gasteiger partial charge in [0.1, 0.15) is 5.82 Å². The Morgan fingerprint density at radius 3 is 2.35 bits per heavy atom. The van der Waals surface area contributed by atoms with Crippen LogP contribution in [0.4, 0.5) is 0 Å². The second-order valence-electron chi connectivity index (χ2n) is 8.73. The van der Waals surface area contributed by atoms with E-state index in [2.05, 4.69) is 94.6 Å². The summed E-state index contributed by atoms with van der Waals surface area (Å²) < 4.78 is 0. The molecule has 160 valence electrons. The minimum atomic E-state index is 0.0932. The average molecular weight is 434 g/mol. The van der Waals surface area contributed by atoms with Gasteiger partial charge < -0.3 is 0 Å². The van der Waals surface area contributed by atoms with E-state index in [1.165, 1.54) is 5.56 Å². The van der Waals surface area contributed by atoms with Crippen LogP contribution in [0.5, 0.6) is 0 Å². The number of thiol groups is 1. The van der Waals surface area contributed by atoms with Gasteiger partial charge in [0.15, 0.2) is 5.82 Å². The van der Waals surface area contributed by atoms with Gasteiger partial charge in [0.2, 0.25) is 5.82 Å². The predicted molar refractivity (Wildman–Crippen MR) is 125 cm³/mol. The van der Waals surface area contributed by atoms with Gasteiger partial charge in [0, 0.05) is 17.9 Å². The molecule has 4 rings (SSSR count). The number of tetrazole rings is 1. The molecule has 0 aliphatic carbocycles. The third-order valence-electron chi connectivity index (χ3n) is 5.47. The molecule has 1 unspecified atom stereocenters. The lowest BCUT2D eigenvalue weighted by Gasteiger charge is -2.27. The van der Waals surface area contributed by atoms with Crippen LogP contribution in [-0.4, -0.2) is 41.6 Å². The number of nitrogens with one attached hydrogen (secondary N) is 2. The number of H-pyrrole nitrogens is 2. The standard InChI is InChI=1S/C23H27N7S/c1-23(2,3)19(12-13-31)22-24-20(25-26-22)14-15-8-10-16(11-9-15)17-6-4-5-7-18(17)21-27-29-30-28-21/h4-11,19,31H,12-14H2,1-3H3,(H,24,25,26)(H,27,28,29,30). The molecule has 0 radical (unpaired) electrons. The van der Waals surface area contributed by atoms with Crippen LogP contribution >= 0.6 is 12.6 Å². The summed E-state index contributed by atoms with van der Waals surface area (Å²) in [7, 11) is 0. The molecule has 0 saturated carbocycles. The summed E-state index contributed by atoms with van der Waals surface area (Å²) in [5.74, 6) is 3.44. The van der Waals surface area contributed by atoms with Gasteiger partial charge in [-0.05, 0) is 39.5 Å². The Labute approximate surface area is 187 Å². The van der Waals surface area contributed by atoms with Crippen LogP contribution in [0, 0.1) is 5.41 Å². The smallest absolute Gasteiger partial charge is 0.205 e. The molecular weight excluding hydrogens is 406 g/mol. The molecular formula is C23H27N7S. The third kappa shape index (κ3) is 4.85. The van der Waals surface area contributed by atoms with Gasteiger partial charge in [0.25, 0.3) is 0 Å². The van der Waals surface area contributed by atoms with E-state index in [1.54, 1.807) is 0 Å². The van der Waals surface area contributed by atoms with Crippen molar-refractivity contribution < 1.29 is 0 Å². The zero-order valence-corrected chi connectivity index (χ0v) is 18.9. The van der Waals surface area contributed by atoms with Crippen LogP contribution in [0.3, 0.4) is 0 Å². The molecule has 2 N–H and O–H groups in total. The first-order valence-electron chi connectivity index (χ1n) is 10.4. The molecule has 2 heterocycles. The van der Waals surface area contributed by atoms with E-state index in [-0.39, 0.29) is 11.3 Å². The van der Waals surface area contributed by atoms with Gasteiger partial charge in [0.05, 0.1) is 0 Å². The summed E-state index contributed by atoms with van der Waals surface area (Å²) in [5.41, 5.74) is 4.38. The van der Waals surface area contributed by atoms with Crippen molar-refractivity contribution in [3.8, 4) is 22.5 Å². The van der Waals surface area contributed by atoms with Gasteiger partial charge >= 0.3 is 0 Å². The van der Waals surface area contributed by atoms with Crippen molar-refractivity contribution in [1.29, 1.82) is 0 Å². The van der Waals surface area contributed by atoms with Crippen molar-refractivity contribution in [3.05, 3.63) is 65.7 Å². The van der Waals surface area contributed by atoms with Crippen molar-refractivity contribution >= 4 is 12.6 Å². The highest BCUT2D eigenvalue weighted by molar-refractivity contribution is 7.80. The minimum Gasteiger partial charge on any atom is -0.263 e. The first-order valence-corrected chi connectivity index (χ1v) is 11.0. The largest absolute Gasteiger partial charge is 0.263 e. The second-order valence-corrected chi connectivity index (χ2v) is 9.17. The Morgan fingerprint density at radius 1 is 0.968 bits per heavy atom. The van der Waals surface area contributed by atoms with Crippen LogP contribution in [0.2, 0.25) is 0 Å². The van der Waals surface area contributed by atoms with E-state index in [4.69, 9.17) is 4.98 Å². The number of aromatic nitrogens is 7. The first-order chi connectivity index (χ1) is 15.0. The minimum absolute atomic E-state index is 0.0932. The zero-order chi connectivity index (χ0) is 21.8. The van der Waals surface area contributed by atoms with Crippen LogP contribution in [0.15, 0.2) is 48.5 Å². The summed E-state index contributed by atoms with van der Waals surface area (Å²) in [6.45, 7) is 6.67. The molecule has 0 aliphatic heterocycles. The summed E-state index contributed by atoms with van der Waals surface area (Å²) in [5, 5.41) is 22.1. The van der Waals surface area contributed by atoms with E-state index in [0.717, 1.165) is 40.5 Å². The Bertz CT molecular complexity index is 1110. The highest BCUT2D eigenvalue weighted by atomic mass is 32.1. The molecule has 7 nitrogen and oxygen atoms in total. The van der Waals surface area contributed by atoms with Crippen molar-refractivity contribution in [2.45, 2.75) is 39.5 Å². The summed E-state index contributed by atoms with van der Waals surface area (Å²) in [4.78, 5) is 4.79. The Morgan fingerprint density at radius 2 is 1.71 bits per heavy atom. The van der Waals surface area contributed by atoms with E-state index in [1.807, 2.05) is 18.2 Å². The molecule has 31 heavy (non-hydrogen) atoms. The third-order valence-corrected chi connectivity index (χ3v) is 5.73. The fourth-order valence-corrected chi connectivity index (χ4v) is 4.08. The number of rotatable bonds is 7. The Balaban J connectivity index is 1.53. The molecule has 0 aliphatic rings. The van der Waals surface area contributed by atoms with E-state index in [0.29, 0.717) is 12.2 Å². The van der Waals surface area contributed by atoms with Crippen LogP contribution < -0.4 is 0 Å². The Kier molecular flexibility index (Phi) is 6.18. The zero-order valence-electron chi connectivity index (χ0n) is 18.0. The van der Waals surface area contributed by atoms with Gasteiger partial charge in [-0.25, -0.2) is 4.98 Å². The lowest BCUT2D eigenvalue weighted by atomic mass is 9.78. The van der Waals surface area contributed by atoms with Crippen molar-refractivity contribution in [1.82, 2.24) is 35.8 Å². The fourth-order valence-electron chi connectivity index (χ4n) is 3.82. The maximum absolute atomic E-state index is 4.79. The number of benzene rings is 2. The molecule has 1 atom stereocenters. The lowest BCUT2D eigenvalue weighted by molar-refractivity contribution is 0.303. The Hall–Kier alpha value is -3.00. The summed E-state index contributed by atoms with van der Waals surface area (Å²) >= 11 is 4.42. The molecule has 2 aromatic carbocycles. The maximum Gasteiger partial charge on any atom is 0.205 e. The monoisotopic (exact) mass is 433 g/mol. The molecule has 0 fully saturated rings.